The van der Waals surface area contributed by atoms with Crippen molar-refractivity contribution >= 4 is 40.0 Å². The highest BCUT2D eigenvalue weighted by Gasteiger charge is 2.33. The Morgan fingerprint density at radius 3 is 2.43 bits per heavy atom. The zero-order valence-electron chi connectivity index (χ0n) is 24.7. The van der Waals surface area contributed by atoms with Crippen LogP contribution in [0.4, 0.5) is 5.69 Å². The second-order valence-corrected chi connectivity index (χ2v) is 11.7. The number of aromatic nitrogens is 2. The third kappa shape index (κ3) is 5.07. The predicted molar refractivity (Wildman–Crippen MR) is 170 cm³/mol. The predicted octanol–water partition coefficient (Wildman–Crippen LogP) is 5.33. The van der Waals surface area contributed by atoms with Gasteiger partial charge >= 0.3 is 5.97 Å². The SMILES string of the molecule is CCOC(=O)C1=C(C)N=c2s/c(=C/c3c(C)n(Cc4ccc([N+](=O)[O-])cc4)c4ccccc34)c(=O)n2[C@H]1c1ccc(C)cc1. The summed E-state index contributed by atoms with van der Waals surface area (Å²) in [7, 11) is 0. The van der Waals surface area contributed by atoms with Gasteiger partial charge in [-0.2, -0.15) is 0 Å². The van der Waals surface area contributed by atoms with Gasteiger partial charge in [0.2, 0.25) is 0 Å². The van der Waals surface area contributed by atoms with Crippen molar-refractivity contribution in [1.82, 2.24) is 9.13 Å². The Balaban J connectivity index is 1.51. The highest BCUT2D eigenvalue weighted by Crippen LogP contribution is 2.31. The first-order valence-electron chi connectivity index (χ1n) is 14.2. The van der Waals surface area contributed by atoms with Crippen molar-refractivity contribution in [2.24, 2.45) is 4.99 Å². The van der Waals surface area contributed by atoms with Crippen molar-refractivity contribution in [3.8, 4) is 0 Å². The Kier molecular flexibility index (Phi) is 7.60. The molecule has 0 amide bonds. The van der Waals surface area contributed by atoms with Crippen LogP contribution >= 0.6 is 11.3 Å². The average molecular weight is 607 g/mol. The van der Waals surface area contributed by atoms with Gasteiger partial charge in [0.15, 0.2) is 4.80 Å². The summed E-state index contributed by atoms with van der Waals surface area (Å²) in [6.45, 7) is 8.25. The first-order chi connectivity index (χ1) is 21.2. The molecule has 0 radical (unpaired) electrons. The number of rotatable bonds is 7. The molecule has 0 spiro atoms. The molecule has 0 bridgehead atoms. The fourth-order valence-electron chi connectivity index (χ4n) is 5.74. The maximum atomic E-state index is 14.2. The number of nitrogens with zero attached hydrogens (tertiary/aromatic N) is 4. The molecule has 3 heterocycles. The molecular formula is C34H30N4O5S. The molecule has 5 aromatic rings. The molecule has 222 valence electrons. The number of carbonyl (C=O) groups is 1. The molecule has 1 aliphatic rings. The molecule has 10 heteroatoms. The number of aryl methyl sites for hydroxylation is 1. The first-order valence-corrected chi connectivity index (χ1v) is 15.1. The van der Waals surface area contributed by atoms with Crippen molar-refractivity contribution < 1.29 is 14.5 Å². The fourth-order valence-corrected chi connectivity index (χ4v) is 6.76. The number of nitro groups is 1. The van der Waals surface area contributed by atoms with Crippen molar-refractivity contribution in [2.45, 2.75) is 40.3 Å². The van der Waals surface area contributed by atoms with Gasteiger partial charge in [0.25, 0.3) is 11.2 Å². The summed E-state index contributed by atoms with van der Waals surface area (Å²) >= 11 is 1.29. The molecule has 0 saturated heterocycles. The lowest BCUT2D eigenvalue weighted by molar-refractivity contribution is -0.384. The van der Waals surface area contributed by atoms with Crippen molar-refractivity contribution in [1.29, 1.82) is 0 Å². The second-order valence-electron chi connectivity index (χ2n) is 10.7. The minimum absolute atomic E-state index is 0.0455. The summed E-state index contributed by atoms with van der Waals surface area (Å²) in [5.41, 5.74) is 6.32. The molecule has 1 aliphatic heterocycles. The highest BCUT2D eigenvalue weighted by molar-refractivity contribution is 7.07. The van der Waals surface area contributed by atoms with Crippen LogP contribution in [-0.4, -0.2) is 26.6 Å². The Morgan fingerprint density at radius 1 is 1.05 bits per heavy atom. The van der Waals surface area contributed by atoms with Gasteiger partial charge in [0.05, 0.1) is 33.4 Å². The lowest BCUT2D eigenvalue weighted by atomic mass is 9.95. The van der Waals surface area contributed by atoms with Crippen LogP contribution in [0.25, 0.3) is 17.0 Å². The number of benzene rings is 3. The molecule has 1 atom stereocenters. The van der Waals surface area contributed by atoms with Gasteiger partial charge in [-0.25, -0.2) is 9.79 Å². The van der Waals surface area contributed by atoms with E-state index in [9.17, 15) is 19.7 Å². The van der Waals surface area contributed by atoms with Gasteiger partial charge < -0.3 is 9.30 Å². The van der Waals surface area contributed by atoms with E-state index in [1.165, 1.54) is 23.5 Å². The third-order valence-electron chi connectivity index (χ3n) is 7.95. The third-order valence-corrected chi connectivity index (χ3v) is 8.94. The lowest BCUT2D eigenvalue weighted by Gasteiger charge is -2.24. The van der Waals surface area contributed by atoms with E-state index in [-0.39, 0.29) is 17.9 Å². The van der Waals surface area contributed by atoms with Crippen LogP contribution in [0, 0.1) is 24.0 Å². The van der Waals surface area contributed by atoms with Gasteiger partial charge in [-0.1, -0.05) is 71.5 Å². The van der Waals surface area contributed by atoms with E-state index in [0.29, 0.717) is 27.1 Å². The normalized spacial score (nSPS) is 14.9. The van der Waals surface area contributed by atoms with Crippen LogP contribution in [0.3, 0.4) is 0 Å². The van der Waals surface area contributed by atoms with Gasteiger partial charge in [-0.05, 0) is 51.0 Å². The van der Waals surface area contributed by atoms with E-state index in [2.05, 4.69) is 4.57 Å². The molecule has 3 aromatic carbocycles. The van der Waals surface area contributed by atoms with E-state index in [1.54, 1.807) is 30.5 Å². The smallest absolute Gasteiger partial charge is 0.338 e. The molecule has 0 fully saturated rings. The van der Waals surface area contributed by atoms with Crippen LogP contribution in [0.1, 0.15) is 47.8 Å². The summed E-state index contributed by atoms with van der Waals surface area (Å²) in [5.74, 6) is -0.487. The molecule has 0 N–H and O–H groups in total. The highest BCUT2D eigenvalue weighted by atomic mass is 32.1. The minimum atomic E-state index is -0.669. The van der Waals surface area contributed by atoms with E-state index in [4.69, 9.17) is 9.73 Å². The molecule has 9 nitrogen and oxygen atoms in total. The van der Waals surface area contributed by atoms with Crippen molar-refractivity contribution in [2.75, 3.05) is 6.61 Å². The molecular weight excluding hydrogens is 576 g/mol. The summed E-state index contributed by atoms with van der Waals surface area (Å²) in [6, 6.07) is 21.7. The number of esters is 1. The number of para-hydroxylation sites is 1. The van der Waals surface area contributed by atoms with Crippen LogP contribution in [0.15, 0.2) is 93.9 Å². The Morgan fingerprint density at radius 2 is 1.75 bits per heavy atom. The Labute approximate surface area is 256 Å². The standard InChI is InChI=1S/C34H30N4O5S/c1-5-43-33(40)30-21(3)35-34-37(31(30)24-14-10-20(2)11-15-24)32(39)29(44-34)18-27-22(4)36(28-9-7-6-8-26(27)28)19-23-12-16-25(17-13-23)38(41)42/h6-18,31H,5,19H2,1-4H3/b29-18+/t31-/m0/s1. The van der Waals surface area contributed by atoms with Gasteiger partial charge in [-0.3, -0.25) is 19.5 Å². The number of allylic oxidation sites excluding steroid dienone is 1. The molecule has 0 unspecified atom stereocenters. The molecule has 2 aromatic heterocycles. The monoisotopic (exact) mass is 606 g/mol. The Hall–Kier alpha value is -5.09. The molecule has 0 saturated carbocycles. The lowest BCUT2D eigenvalue weighted by Crippen LogP contribution is -2.39. The van der Waals surface area contributed by atoms with Crippen molar-refractivity contribution in [3.05, 3.63) is 142 Å². The van der Waals surface area contributed by atoms with E-state index in [1.807, 2.05) is 68.5 Å². The number of nitro benzene ring substituents is 1. The van der Waals surface area contributed by atoms with E-state index >= 15 is 0 Å². The van der Waals surface area contributed by atoms with Crippen LogP contribution in [-0.2, 0) is 16.1 Å². The number of non-ortho nitro benzene ring substituents is 1. The maximum absolute atomic E-state index is 14.2. The van der Waals surface area contributed by atoms with Crippen LogP contribution in [0.5, 0.6) is 0 Å². The summed E-state index contributed by atoms with van der Waals surface area (Å²) in [6.07, 6.45) is 1.91. The van der Waals surface area contributed by atoms with Crippen LogP contribution < -0.4 is 14.9 Å². The van der Waals surface area contributed by atoms with E-state index < -0.39 is 16.9 Å². The maximum Gasteiger partial charge on any atom is 0.338 e. The van der Waals surface area contributed by atoms with Gasteiger partial charge in [0.1, 0.15) is 0 Å². The number of hydrogen-bond donors (Lipinski definition) is 0. The number of hydrogen-bond acceptors (Lipinski definition) is 7. The Bertz CT molecular complexity index is 2150. The fraction of sp³-hybridized carbons (Fsp3) is 0.206. The van der Waals surface area contributed by atoms with Crippen molar-refractivity contribution in [3.63, 3.8) is 0 Å². The first kappa shape index (κ1) is 29.0. The quantitative estimate of drug-likeness (QED) is 0.141. The zero-order chi connectivity index (χ0) is 31.1. The van der Waals surface area contributed by atoms with Crippen LogP contribution in [0.2, 0.25) is 0 Å². The summed E-state index contributed by atoms with van der Waals surface area (Å²) in [4.78, 5) is 43.3. The number of ether oxygens (including phenoxy) is 1. The minimum Gasteiger partial charge on any atom is -0.463 e. The molecule has 0 aliphatic carbocycles. The second kappa shape index (κ2) is 11.5. The molecule has 6 rings (SSSR count). The summed E-state index contributed by atoms with van der Waals surface area (Å²) < 4.78 is 9.66. The largest absolute Gasteiger partial charge is 0.463 e. The van der Waals surface area contributed by atoms with Gasteiger partial charge in [0, 0.05) is 40.8 Å². The molecule has 44 heavy (non-hydrogen) atoms. The van der Waals surface area contributed by atoms with E-state index in [0.717, 1.165) is 38.9 Å². The summed E-state index contributed by atoms with van der Waals surface area (Å²) in [5, 5.41) is 12.1. The zero-order valence-corrected chi connectivity index (χ0v) is 25.6. The number of thiazole rings is 1. The number of fused-ring (bicyclic) bond motifs is 2. The number of carbonyl (C=O) groups excluding carboxylic acids is 1. The average Bonchev–Trinajstić information content (AvgIpc) is 3.45. The van der Waals surface area contributed by atoms with Gasteiger partial charge in [-0.15, -0.1) is 0 Å². The topological polar surface area (TPSA) is 109 Å².